The van der Waals surface area contributed by atoms with Crippen molar-refractivity contribution in [3.63, 3.8) is 0 Å². The van der Waals surface area contributed by atoms with Gasteiger partial charge in [0.2, 0.25) is 5.91 Å². The molecule has 0 aromatic rings. The number of hydrogen-bond acceptors (Lipinski definition) is 2. The molecule has 0 saturated carbocycles. The van der Waals surface area contributed by atoms with Crippen molar-refractivity contribution in [3.8, 4) is 0 Å². The number of rotatable bonds is 15. The second-order valence-electron chi connectivity index (χ2n) is 6.31. The fourth-order valence-electron chi connectivity index (χ4n) is 2.26. The summed E-state index contributed by atoms with van der Waals surface area (Å²) in [5.74, 6) is 0.0237. The summed E-state index contributed by atoms with van der Waals surface area (Å²) >= 11 is 0. The largest absolute Gasteiger partial charge is 0.355 e. The highest BCUT2D eigenvalue weighted by molar-refractivity contribution is 5.77. The molecule has 0 aliphatic rings. The number of carbonyl (C=O) groups excluding carboxylic acids is 1. The van der Waals surface area contributed by atoms with Crippen LogP contribution in [0, 0.1) is 0 Å². The Hall–Kier alpha value is -2.13. The quantitative estimate of drug-likeness (QED) is 0.372. The van der Waals surface area contributed by atoms with Crippen LogP contribution in [-0.2, 0) is 4.79 Å². The summed E-state index contributed by atoms with van der Waals surface area (Å²) in [5, 5.41) is 2.74. The van der Waals surface area contributed by atoms with E-state index >= 15 is 0 Å². The molecule has 0 heterocycles. The van der Waals surface area contributed by atoms with Crippen molar-refractivity contribution in [2.45, 2.75) is 58.8 Å². The van der Waals surface area contributed by atoms with Crippen LogP contribution in [0.5, 0.6) is 0 Å². The van der Waals surface area contributed by atoms with Gasteiger partial charge in [-0.3, -0.25) is 4.79 Å². The highest BCUT2D eigenvalue weighted by Crippen LogP contribution is 2.03. The van der Waals surface area contributed by atoms with E-state index in [0.29, 0.717) is 19.5 Å². The second kappa shape index (κ2) is 20.2. The van der Waals surface area contributed by atoms with Gasteiger partial charge in [-0.25, -0.2) is 0 Å². The molecule has 0 aliphatic heterocycles. The van der Waals surface area contributed by atoms with Crippen molar-refractivity contribution in [1.29, 1.82) is 0 Å². The Balaban J connectivity index is 3.63. The van der Waals surface area contributed by atoms with Gasteiger partial charge in [-0.05, 0) is 45.4 Å². The van der Waals surface area contributed by atoms with Crippen molar-refractivity contribution < 1.29 is 4.79 Å². The van der Waals surface area contributed by atoms with Gasteiger partial charge in [0.15, 0.2) is 0 Å². The Labute approximate surface area is 166 Å². The number of carbonyl (C=O) groups is 1. The van der Waals surface area contributed by atoms with E-state index in [9.17, 15) is 4.79 Å². The third-order valence-corrected chi connectivity index (χ3v) is 3.68. The molecule has 0 radical (unpaired) electrons. The second-order valence-corrected chi connectivity index (χ2v) is 6.31. The summed E-state index contributed by atoms with van der Waals surface area (Å²) in [5.41, 5.74) is 6.77. The first-order chi connectivity index (χ1) is 13.2. The van der Waals surface area contributed by atoms with Gasteiger partial charge in [-0.2, -0.15) is 0 Å². The lowest BCUT2D eigenvalue weighted by atomic mass is 10.1. The molecule has 27 heavy (non-hydrogen) atoms. The summed E-state index contributed by atoms with van der Waals surface area (Å²) in [6.07, 6.45) is 30.1. The Morgan fingerprint density at radius 2 is 1.22 bits per heavy atom. The zero-order valence-electron chi connectivity index (χ0n) is 17.2. The number of nitrogens with two attached hydrogens (primary N) is 1. The summed E-state index contributed by atoms with van der Waals surface area (Å²) < 4.78 is 0. The molecule has 0 bridgehead atoms. The number of allylic oxidation sites excluding steroid dienone is 11. The zero-order valence-corrected chi connectivity index (χ0v) is 17.2. The van der Waals surface area contributed by atoms with Crippen LogP contribution in [0.3, 0.4) is 0 Å². The van der Waals surface area contributed by atoms with Gasteiger partial charge in [0.1, 0.15) is 0 Å². The van der Waals surface area contributed by atoms with E-state index in [-0.39, 0.29) is 5.91 Å². The van der Waals surface area contributed by atoms with Crippen LogP contribution in [-0.4, -0.2) is 19.0 Å². The zero-order chi connectivity index (χ0) is 20.0. The van der Waals surface area contributed by atoms with Crippen molar-refractivity contribution in [2.24, 2.45) is 5.73 Å². The van der Waals surface area contributed by atoms with E-state index < -0.39 is 0 Å². The lowest BCUT2D eigenvalue weighted by Gasteiger charge is -1.98. The van der Waals surface area contributed by atoms with Gasteiger partial charge in [-0.15, -0.1) is 0 Å². The predicted octanol–water partition coefficient (Wildman–Crippen LogP) is 5.54. The Kier molecular flexibility index (Phi) is 18.6. The highest BCUT2D eigenvalue weighted by Gasteiger charge is 1.93. The molecule has 1 amide bonds. The highest BCUT2D eigenvalue weighted by atomic mass is 16.1. The molecule has 3 N–H and O–H groups in total. The average Bonchev–Trinajstić information content (AvgIpc) is 2.66. The molecule has 150 valence electrons. The Bertz CT molecular complexity index is 537. The normalized spacial score (nSPS) is 13.2. The molecule has 0 spiro atoms. The van der Waals surface area contributed by atoms with Gasteiger partial charge in [-0.1, -0.05) is 79.3 Å². The summed E-state index contributed by atoms with van der Waals surface area (Å²) in [4.78, 5) is 11.3. The van der Waals surface area contributed by atoms with Crippen LogP contribution in [0.1, 0.15) is 58.8 Å². The molecule has 0 unspecified atom stereocenters. The van der Waals surface area contributed by atoms with Gasteiger partial charge < -0.3 is 11.1 Å². The summed E-state index contributed by atoms with van der Waals surface area (Å²) in [6.45, 7) is 5.38. The molecular weight excluding hydrogens is 332 g/mol. The van der Waals surface area contributed by atoms with E-state index in [2.05, 4.69) is 73.8 Å². The van der Waals surface area contributed by atoms with Gasteiger partial charge in [0, 0.05) is 19.5 Å². The van der Waals surface area contributed by atoms with Gasteiger partial charge in [0.05, 0.1) is 0 Å². The van der Waals surface area contributed by atoms with Crippen molar-refractivity contribution in [2.75, 3.05) is 13.1 Å². The Morgan fingerprint density at radius 3 is 1.67 bits per heavy atom. The number of nitrogens with one attached hydrogen (secondary N) is 1. The maximum absolute atomic E-state index is 11.3. The van der Waals surface area contributed by atoms with Gasteiger partial charge in [0.25, 0.3) is 0 Å². The van der Waals surface area contributed by atoms with Crippen LogP contribution in [0.2, 0.25) is 0 Å². The molecule has 0 saturated heterocycles. The van der Waals surface area contributed by atoms with Crippen molar-refractivity contribution >= 4 is 5.91 Å². The maximum atomic E-state index is 11.3. The predicted molar refractivity (Wildman–Crippen MR) is 120 cm³/mol. The fraction of sp³-hybridized carbons (Fsp3) is 0.458. The third kappa shape index (κ3) is 20.0. The standard InChI is InChI=1S/C24H38N2O/c1-3-18-23(2)19-16-14-12-10-8-6-4-5-7-9-11-13-15-17-20-24(27)26-22-21-25/h4-5,8-11,14-18H,3,6-7,12-13,19-22,25H2,1-2H3,(H,26,27)/b5-4-,10-8-,11-9-,16-14-,17-15-,23-18-. The minimum Gasteiger partial charge on any atom is -0.355 e. The van der Waals surface area contributed by atoms with E-state index in [4.69, 9.17) is 5.73 Å². The van der Waals surface area contributed by atoms with E-state index in [0.717, 1.165) is 38.5 Å². The first-order valence-corrected chi connectivity index (χ1v) is 10.1. The summed E-state index contributed by atoms with van der Waals surface area (Å²) in [6, 6.07) is 0. The molecule has 0 atom stereocenters. The molecule has 0 aromatic heterocycles. The summed E-state index contributed by atoms with van der Waals surface area (Å²) in [7, 11) is 0. The molecule has 0 aliphatic carbocycles. The van der Waals surface area contributed by atoms with E-state index in [1.54, 1.807) is 0 Å². The van der Waals surface area contributed by atoms with Gasteiger partial charge >= 0.3 is 0 Å². The molecular formula is C24H38N2O. The van der Waals surface area contributed by atoms with Crippen LogP contribution < -0.4 is 11.1 Å². The topological polar surface area (TPSA) is 55.1 Å². The van der Waals surface area contributed by atoms with Crippen LogP contribution in [0.25, 0.3) is 0 Å². The van der Waals surface area contributed by atoms with E-state index in [1.807, 2.05) is 12.2 Å². The average molecular weight is 371 g/mol. The number of amides is 1. The number of hydrogen-bond donors (Lipinski definition) is 2. The molecule has 0 fully saturated rings. The molecule has 3 heteroatoms. The van der Waals surface area contributed by atoms with Crippen molar-refractivity contribution in [1.82, 2.24) is 5.32 Å². The van der Waals surface area contributed by atoms with Crippen LogP contribution in [0.4, 0.5) is 0 Å². The van der Waals surface area contributed by atoms with Crippen LogP contribution in [0.15, 0.2) is 72.4 Å². The SMILES string of the molecule is CC/C=C(/C)C/C=C\C/C=C\C/C=C\C/C=C\C/C=C\CC(=O)NCCN. The lowest BCUT2D eigenvalue weighted by Crippen LogP contribution is -2.28. The smallest absolute Gasteiger partial charge is 0.223 e. The minimum absolute atomic E-state index is 0.0237. The maximum Gasteiger partial charge on any atom is 0.223 e. The molecule has 0 rings (SSSR count). The molecule has 3 nitrogen and oxygen atoms in total. The lowest BCUT2D eigenvalue weighted by molar-refractivity contribution is -0.120. The fourth-order valence-corrected chi connectivity index (χ4v) is 2.26. The monoisotopic (exact) mass is 370 g/mol. The first-order valence-electron chi connectivity index (χ1n) is 10.1. The first kappa shape index (κ1) is 24.9. The Morgan fingerprint density at radius 1 is 0.778 bits per heavy atom. The third-order valence-electron chi connectivity index (χ3n) is 3.68. The minimum atomic E-state index is 0.0237. The molecule has 0 aromatic carbocycles. The van der Waals surface area contributed by atoms with E-state index in [1.165, 1.54) is 5.57 Å². The van der Waals surface area contributed by atoms with Crippen molar-refractivity contribution in [3.05, 3.63) is 72.4 Å². The van der Waals surface area contributed by atoms with Crippen LogP contribution >= 0.6 is 0 Å².